The number of carbonyl (C=O) groups excluding carboxylic acids is 1. The van der Waals surface area contributed by atoms with E-state index >= 15 is 0 Å². The highest BCUT2D eigenvalue weighted by atomic mass is 35.5. The van der Waals surface area contributed by atoms with E-state index in [1.165, 1.54) is 33.5 Å². The predicted molar refractivity (Wildman–Crippen MR) is 135 cm³/mol. The van der Waals surface area contributed by atoms with Crippen LogP contribution in [-0.4, -0.2) is 42.2 Å². The molecule has 0 aliphatic carbocycles. The van der Waals surface area contributed by atoms with Crippen molar-refractivity contribution in [3.63, 3.8) is 0 Å². The molecule has 1 N–H and O–H groups in total. The van der Waals surface area contributed by atoms with Gasteiger partial charge in [-0.15, -0.1) is 0 Å². The molecule has 186 valence electrons. The number of methoxy groups -OCH3 is 3. The van der Waals surface area contributed by atoms with Crippen LogP contribution in [0.4, 0.5) is 5.69 Å². The van der Waals surface area contributed by atoms with Crippen molar-refractivity contribution >= 4 is 33.2 Å². The molecule has 35 heavy (non-hydrogen) atoms. The summed E-state index contributed by atoms with van der Waals surface area (Å²) in [6, 6.07) is 16.3. The SMILES string of the molecule is COc1ccc(CNC(=O)CN(c2cccc(Cl)c2C)S(=O)(=O)c2ccccc2)c(OC)c1OC. The highest BCUT2D eigenvalue weighted by Gasteiger charge is 2.29. The second-order valence-electron chi connectivity index (χ2n) is 7.48. The highest BCUT2D eigenvalue weighted by Crippen LogP contribution is 2.39. The maximum Gasteiger partial charge on any atom is 0.264 e. The van der Waals surface area contributed by atoms with Gasteiger partial charge in [0.25, 0.3) is 10.0 Å². The number of halogens is 1. The van der Waals surface area contributed by atoms with Gasteiger partial charge in [0.2, 0.25) is 11.7 Å². The van der Waals surface area contributed by atoms with E-state index in [0.717, 1.165) is 4.31 Å². The van der Waals surface area contributed by atoms with Crippen molar-refractivity contribution in [1.29, 1.82) is 0 Å². The third-order valence-corrected chi connectivity index (χ3v) is 7.57. The Kier molecular flexibility index (Phi) is 8.48. The molecule has 0 heterocycles. The lowest BCUT2D eigenvalue weighted by Gasteiger charge is -2.26. The molecule has 1 amide bonds. The first kappa shape index (κ1) is 26.2. The molecule has 8 nitrogen and oxygen atoms in total. The average Bonchev–Trinajstić information content (AvgIpc) is 2.87. The zero-order valence-electron chi connectivity index (χ0n) is 19.9. The monoisotopic (exact) mass is 518 g/mol. The summed E-state index contributed by atoms with van der Waals surface area (Å²) in [6.07, 6.45) is 0. The molecule has 3 rings (SSSR count). The standard InChI is InChI=1S/C25H27ClN2O6S/c1-17-20(26)11-8-12-21(17)28(35(30,31)19-9-6-5-7-10-19)16-23(29)27-15-18-13-14-22(32-2)25(34-4)24(18)33-3/h5-14H,15-16H2,1-4H3,(H,27,29). The van der Waals surface area contributed by atoms with E-state index in [1.807, 2.05) is 0 Å². The number of ether oxygens (including phenoxy) is 3. The Hall–Kier alpha value is -3.43. The minimum atomic E-state index is -4.05. The molecule has 0 unspecified atom stereocenters. The minimum Gasteiger partial charge on any atom is -0.493 e. The van der Waals surface area contributed by atoms with Crippen LogP contribution in [0.5, 0.6) is 17.2 Å². The Morgan fingerprint density at radius 2 is 1.60 bits per heavy atom. The van der Waals surface area contributed by atoms with Crippen LogP contribution in [0.1, 0.15) is 11.1 Å². The Balaban J connectivity index is 1.91. The van der Waals surface area contributed by atoms with Crippen molar-refractivity contribution in [1.82, 2.24) is 5.32 Å². The lowest BCUT2D eigenvalue weighted by atomic mass is 10.1. The largest absolute Gasteiger partial charge is 0.493 e. The maximum atomic E-state index is 13.5. The van der Waals surface area contributed by atoms with E-state index in [2.05, 4.69) is 5.32 Å². The summed E-state index contributed by atoms with van der Waals surface area (Å²) in [5.41, 5.74) is 1.50. The molecule has 0 atom stereocenters. The minimum absolute atomic E-state index is 0.0636. The molecule has 0 bridgehead atoms. The van der Waals surface area contributed by atoms with E-state index in [0.29, 0.717) is 39.1 Å². The van der Waals surface area contributed by atoms with Gasteiger partial charge in [-0.05, 0) is 48.9 Å². The summed E-state index contributed by atoms with van der Waals surface area (Å²) in [7, 11) is 0.434. The molecular weight excluding hydrogens is 492 g/mol. The van der Waals surface area contributed by atoms with Gasteiger partial charge in [0, 0.05) is 17.1 Å². The Bertz CT molecular complexity index is 1300. The number of hydrogen-bond donors (Lipinski definition) is 1. The summed E-state index contributed by atoms with van der Waals surface area (Å²) in [5.74, 6) is 0.771. The number of amides is 1. The molecular formula is C25H27ClN2O6S. The van der Waals surface area contributed by atoms with Crippen molar-refractivity contribution in [3.8, 4) is 17.2 Å². The van der Waals surface area contributed by atoms with Gasteiger partial charge in [-0.1, -0.05) is 35.9 Å². The Morgan fingerprint density at radius 3 is 2.23 bits per heavy atom. The van der Waals surface area contributed by atoms with Crippen LogP contribution < -0.4 is 23.8 Å². The number of benzene rings is 3. The predicted octanol–water partition coefficient (Wildman–Crippen LogP) is 4.19. The molecule has 10 heteroatoms. The molecule has 0 aromatic heterocycles. The normalized spacial score (nSPS) is 11.0. The van der Waals surface area contributed by atoms with E-state index in [9.17, 15) is 13.2 Å². The fourth-order valence-corrected chi connectivity index (χ4v) is 5.24. The number of nitrogens with one attached hydrogen (secondary N) is 1. The molecule has 0 radical (unpaired) electrons. The quantitative estimate of drug-likeness (QED) is 0.432. The summed E-state index contributed by atoms with van der Waals surface area (Å²) < 4.78 is 44.2. The summed E-state index contributed by atoms with van der Waals surface area (Å²) in [6.45, 7) is 1.34. The second-order valence-corrected chi connectivity index (χ2v) is 9.75. The number of anilines is 1. The van der Waals surface area contributed by atoms with Gasteiger partial charge < -0.3 is 19.5 Å². The fraction of sp³-hybridized carbons (Fsp3) is 0.240. The van der Waals surface area contributed by atoms with Crippen molar-refractivity contribution in [2.45, 2.75) is 18.4 Å². The summed E-state index contributed by atoms with van der Waals surface area (Å²) >= 11 is 6.26. The molecule has 0 saturated heterocycles. The third-order valence-electron chi connectivity index (χ3n) is 5.39. The lowest BCUT2D eigenvalue weighted by molar-refractivity contribution is -0.119. The fourth-order valence-electron chi connectivity index (χ4n) is 3.57. The molecule has 0 aliphatic heterocycles. The van der Waals surface area contributed by atoms with Crippen molar-refractivity contribution in [3.05, 3.63) is 76.8 Å². The van der Waals surface area contributed by atoms with Crippen LogP contribution in [0.3, 0.4) is 0 Å². The van der Waals surface area contributed by atoms with E-state index in [-0.39, 0.29) is 11.4 Å². The second kappa shape index (κ2) is 11.3. The first-order valence-corrected chi connectivity index (χ1v) is 12.4. The number of hydrogen-bond acceptors (Lipinski definition) is 6. The van der Waals surface area contributed by atoms with Crippen molar-refractivity contribution < 1.29 is 27.4 Å². The zero-order chi connectivity index (χ0) is 25.6. The van der Waals surface area contributed by atoms with Crippen LogP contribution >= 0.6 is 11.6 Å². The summed E-state index contributed by atoms with van der Waals surface area (Å²) in [4.78, 5) is 13.1. The molecule has 3 aromatic rings. The average molecular weight is 519 g/mol. The molecule has 0 fully saturated rings. The van der Waals surface area contributed by atoms with Crippen LogP contribution in [0.15, 0.2) is 65.6 Å². The first-order chi connectivity index (χ1) is 16.7. The first-order valence-electron chi connectivity index (χ1n) is 10.6. The summed E-state index contributed by atoms with van der Waals surface area (Å²) in [5, 5.41) is 3.16. The molecule has 3 aromatic carbocycles. The molecule has 0 spiro atoms. The van der Waals surface area contributed by atoms with Gasteiger partial charge in [0.15, 0.2) is 11.5 Å². The van der Waals surface area contributed by atoms with Gasteiger partial charge in [0.1, 0.15) is 6.54 Å². The Labute approximate surface area is 210 Å². The van der Waals surface area contributed by atoms with Gasteiger partial charge in [0.05, 0.1) is 31.9 Å². The number of nitrogens with zero attached hydrogens (tertiary/aromatic N) is 1. The lowest BCUT2D eigenvalue weighted by Crippen LogP contribution is -2.41. The van der Waals surface area contributed by atoms with Crippen molar-refractivity contribution in [2.75, 3.05) is 32.2 Å². The zero-order valence-corrected chi connectivity index (χ0v) is 21.4. The Morgan fingerprint density at radius 1 is 0.914 bits per heavy atom. The number of carbonyl (C=O) groups is 1. The maximum absolute atomic E-state index is 13.5. The number of sulfonamides is 1. The van der Waals surface area contributed by atoms with Crippen LogP contribution in [0, 0.1) is 6.92 Å². The van der Waals surface area contributed by atoms with Crippen LogP contribution in [-0.2, 0) is 21.4 Å². The van der Waals surface area contributed by atoms with E-state index in [1.54, 1.807) is 55.5 Å². The van der Waals surface area contributed by atoms with Crippen molar-refractivity contribution in [2.24, 2.45) is 0 Å². The van der Waals surface area contributed by atoms with Crippen LogP contribution in [0.25, 0.3) is 0 Å². The van der Waals surface area contributed by atoms with Gasteiger partial charge in [-0.2, -0.15) is 0 Å². The molecule has 0 saturated carbocycles. The number of rotatable bonds is 10. The topological polar surface area (TPSA) is 94.2 Å². The molecule has 0 aliphatic rings. The third kappa shape index (κ3) is 5.63. The highest BCUT2D eigenvalue weighted by molar-refractivity contribution is 7.92. The smallest absolute Gasteiger partial charge is 0.264 e. The van der Waals surface area contributed by atoms with Gasteiger partial charge >= 0.3 is 0 Å². The van der Waals surface area contributed by atoms with E-state index in [4.69, 9.17) is 25.8 Å². The van der Waals surface area contributed by atoms with Gasteiger partial charge in [-0.25, -0.2) is 8.42 Å². The van der Waals surface area contributed by atoms with Gasteiger partial charge in [-0.3, -0.25) is 9.10 Å². The van der Waals surface area contributed by atoms with Crippen LogP contribution in [0.2, 0.25) is 5.02 Å². The van der Waals surface area contributed by atoms with E-state index < -0.39 is 22.5 Å².